The molecular weight excluding hydrogens is 426 g/mol. The molecule has 0 saturated heterocycles. The fourth-order valence-corrected chi connectivity index (χ4v) is 4.70. The molecule has 6 nitrogen and oxygen atoms in total. The molecule has 3 aromatic rings. The molecule has 0 aliphatic carbocycles. The fraction of sp³-hybridized carbons (Fsp3) is 0.182. The van der Waals surface area contributed by atoms with Crippen molar-refractivity contribution in [2.24, 2.45) is 4.99 Å². The van der Waals surface area contributed by atoms with Gasteiger partial charge in [0.2, 0.25) is 11.6 Å². The van der Waals surface area contributed by atoms with E-state index >= 15 is 0 Å². The van der Waals surface area contributed by atoms with Gasteiger partial charge in [0, 0.05) is 10.1 Å². The number of methoxy groups -OCH3 is 3. The van der Waals surface area contributed by atoms with Crippen LogP contribution in [0.4, 0.5) is 0 Å². The number of hydrogen-bond donors (Lipinski definition) is 0. The van der Waals surface area contributed by atoms with E-state index in [1.807, 2.05) is 25.1 Å². The lowest BCUT2D eigenvalue weighted by Crippen LogP contribution is -2.04. The summed E-state index contributed by atoms with van der Waals surface area (Å²) in [5, 5.41) is 1.43. The summed E-state index contributed by atoms with van der Waals surface area (Å²) in [6, 6.07) is 9.44. The Morgan fingerprint density at radius 1 is 1.07 bits per heavy atom. The molecule has 0 unspecified atom stereocenters. The molecule has 0 bridgehead atoms. The Bertz CT molecular complexity index is 1200. The highest BCUT2D eigenvalue weighted by atomic mass is 35.5. The first-order valence-corrected chi connectivity index (χ1v) is 10.2. The lowest BCUT2D eigenvalue weighted by Gasteiger charge is -2.12. The molecule has 0 atom stereocenters. The first-order valence-electron chi connectivity index (χ1n) is 8.96. The van der Waals surface area contributed by atoms with Crippen molar-refractivity contribution < 1.29 is 23.7 Å². The average Bonchev–Trinajstić information content (AvgIpc) is 3.26. The van der Waals surface area contributed by atoms with Crippen molar-refractivity contribution in [2.45, 2.75) is 6.92 Å². The first kappa shape index (κ1) is 20.3. The van der Waals surface area contributed by atoms with Gasteiger partial charge in [-0.05, 0) is 42.3 Å². The van der Waals surface area contributed by atoms with Crippen LogP contribution in [0.3, 0.4) is 0 Å². The standard InChI is InChI=1S/C22H18ClNO5S/c1-11-5-6-13-17(7-11)30-20(18(13)23)21-24-14(22(25)29-21)8-12-9-15(26-2)19(28-4)16(10-12)27-3/h5-10H,1-4H3/b14-8-. The van der Waals surface area contributed by atoms with Gasteiger partial charge in [-0.15, -0.1) is 11.3 Å². The number of hydrogen-bond acceptors (Lipinski definition) is 7. The molecule has 0 N–H and O–H groups in total. The van der Waals surface area contributed by atoms with Crippen molar-refractivity contribution in [1.29, 1.82) is 0 Å². The summed E-state index contributed by atoms with van der Waals surface area (Å²) in [6.07, 6.45) is 1.60. The number of aliphatic imine (C=N–C) groups is 1. The maximum absolute atomic E-state index is 12.4. The van der Waals surface area contributed by atoms with Gasteiger partial charge in [0.25, 0.3) is 0 Å². The number of rotatable bonds is 5. The van der Waals surface area contributed by atoms with E-state index in [2.05, 4.69) is 4.99 Å². The monoisotopic (exact) mass is 443 g/mol. The molecule has 0 spiro atoms. The number of ether oxygens (including phenoxy) is 4. The fourth-order valence-electron chi connectivity index (χ4n) is 3.16. The average molecular weight is 444 g/mol. The number of benzene rings is 2. The van der Waals surface area contributed by atoms with Crippen molar-refractivity contribution in [1.82, 2.24) is 0 Å². The number of fused-ring (bicyclic) bond motifs is 1. The third kappa shape index (κ3) is 3.51. The number of nitrogens with zero attached hydrogens (tertiary/aromatic N) is 1. The topological polar surface area (TPSA) is 66.4 Å². The molecule has 8 heteroatoms. The molecule has 0 fully saturated rings. The van der Waals surface area contributed by atoms with Gasteiger partial charge in [-0.2, -0.15) is 0 Å². The van der Waals surface area contributed by atoms with Crippen LogP contribution in [0.25, 0.3) is 16.2 Å². The summed E-state index contributed by atoms with van der Waals surface area (Å²) in [5.41, 5.74) is 1.93. The summed E-state index contributed by atoms with van der Waals surface area (Å²) in [7, 11) is 4.58. The Morgan fingerprint density at radius 2 is 1.77 bits per heavy atom. The molecule has 2 aromatic carbocycles. The molecule has 1 aliphatic rings. The predicted octanol–water partition coefficient (Wildman–Crippen LogP) is 5.23. The summed E-state index contributed by atoms with van der Waals surface area (Å²) < 4.78 is 22.5. The largest absolute Gasteiger partial charge is 0.493 e. The van der Waals surface area contributed by atoms with Gasteiger partial charge >= 0.3 is 5.97 Å². The van der Waals surface area contributed by atoms with Crippen molar-refractivity contribution in [2.75, 3.05) is 21.3 Å². The normalized spacial score (nSPS) is 14.8. The van der Waals surface area contributed by atoms with Gasteiger partial charge in [0.15, 0.2) is 17.2 Å². The summed E-state index contributed by atoms with van der Waals surface area (Å²) in [5.74, 6) is 1.06. The number of carbonyl (C=O) groups excluding carboxylic acids is 1. The second-order valence-electron chi connectivity index (χ2n) is 6.54. The van der Waals surface area contributed by atoms with E-state index in [0.717, 1.165) is 15.6 Å². The highest BCUT2D eigenvalue weighted by Gasteiger charge is 2.28. The van der Waals surface area contributed by atoms with E-state index in [9.17, 15) is 4.79 Å². The number of thiophene rings is 1. The van der Waals surface area contributed by atoms with Crippen LogP contribution >= 0.6 is 22.9 Å². The highest BCUT2D eigenvalue weighted by Crippen LogP contribution is 2.40. The third-order valence-electron chi connectivity index (χ3n) is 4.59. The molecular formula is C22H18ClNO5S. The predicted molar refractivity (Wildman–Crippen MR) is 118 cm³/mol. The Hall–Kier alpha value is -3.03. The number of halogens is 1. The van der Waals surface area contributed by atoms with E-state index < -0.39 is 5.97 Å². The number of cyclic esters (lactones) is 1. The van der Waals surface area contributed by atoms with E-state index in [4.69, 9.17) is 30.5 Å². The molecule has 0 amide bonds. The van der Waals surface area contributed by atoms with Crippen molar-refractivity contribution in [3.63, 3.8) is 0 Å². The Balaban J connectivity index is 1.76. The Labute approximate surface area is 182 Å². The van der Waals surface area contributed by atoms with Crippen LogP contribution < -0.4 is 14.2 Å². The first-order chi connectivity index (χ1) is 14.4. The zero-order valence-electron chi connectivity index (χ0n) is 16.7. The van der Waals surface area contributed by atoms with E-state index in [0.29, 0.717) is 32.7 Å². The molecule has 1 aliphatic heterocycles. The summed E-state index contributed by atoms with van der Waals surface area (Å²) in [6.45, 7) is 2.01. The minimum absolute atomic E-state index is 0.156. The van der Waals surface area contributed by atoms with Gasteiger partial charge < -0.3 is 18.9 Å². The molecule has 1 aromatic heterocycles. The van der Waals surface area contributed by atoms with Crippen molar-refractivity contribution in [3.8, 4) is 17.2 Å². The zero-order valence-corrected chi connectivity index (χ0v) is 18.3. The van der Waals surface area contributed by atoms with Crippen molar-refractivity contribution in [3.05, 3.63) is 57.1 Å². The van der Waals surface area contributed by atoms with Gasteiger partial charge in [-0.1, -0.05) is 23.7 Å². The van der Waals surface area contributed by atoms with Crippen LogP contribution in [0.1, 0.15) is 16.0 Å². The Kier molecular flexibility index (Phi) is 5.40. The number of esters is 1. The third-order valence-corrected chi connectivity index (χ3v) is 6.24. The Morgan fingerprint density at radius 3 is 2.40 bits per heavy atom. The molecule has 4 rings (SSSR count). The van der Waals surface area contributed by atoms with Crippen LogP contribution in [-0.4, -0.2) is 33.2 Å². The van der Waals surface area contributed by atoms with Gasteiger partial charge in [-0.3, -0.25) is 0 Å². The number of aryl methyl sites for hydroxylation is 1. The summed E-state index contributed by atoms with van der Waals surface area (Å²) >= 11 is 7.97. The maximum Gasteiger partial charge on any atom is 0.363 e. The van der Waals surface area contributed by atoms with Crippen molar-refractivity contribution >= 4 is 51.0 Å². The minimum Gasteiger partial charge on any atom is -0.493 e. The molecule has 2 heterocycles. The van der Waals surface area contributed by atoms with Crippen LogP contribution in [-0.2, 0) is 9.53 Å². The van der Waals surface area contributed by atoms with E-state index in [-0.39, 0.29) is 11.6 Å². The SMILES string of the molecule is COc1cc(/C=C2\N=C(c3sc4cc(C)ccc4c3Cl)OC2=O)cc(OC)c1OC. The minimum atomic E-state index is -0.552. The van der Waals surface area contributed by atoms with Crippen LogP contribution in [0.15, 0.2) is 41.0 Å². The van der Waals surface area contributed by atoms with E-state index in [1.54, 1.807) is 18.2 Å². The quantitative estimate of drug-likeness (QED) is 0.399. The molecule has 0 saturated carbocycles. The lowest BCUT2D eigenvalue weighted by molar-refractivity contribution is -0.129. The second kappa shape index (κ2) is 8.01. The highest BCUT2D eigenvalue weighted by molar-refractivity contribution is 7.21. The van der Waals surface area contributed by atoms with Gasteiger partial charge in [0.05, 0.1) is 26.4 Å². The zero-order chi connectivity index (χ0) is 21.4. The molecule has 154 valence electrons. The van der Waals surface area contributed by atoms with Crippen LogP contribution in [0.5, 0.6) is 17.2 Å². The second-order valence-corrected chi connectivity index (χ2v) is 7.97. The van der Waals surface area contributed by atoms with Crippen LogP contribution in [0.2, 0.25) is 5.02 Å². The smallest absolute Gasteiger partial charge is 0.363 e. The molecule has 0 radical (unpaired) electrons. The molecule has 30 heavy (non-hydrogen) atoms. The number of carbonyl (C=O) groups is 1. The van der Waals surface area contributed by atoms with Gasteiger partial charge in [-0.25, -0.2) is 9.79 Å². The maximum atomic E-state index is 12.4. The summed E-state index contributed by atoms with van der Waals surface area (Å²) in [4.78, 5) is 17.5. The lowest BCUT2D eigenvalue weighted by atomic mass is 10.1. The van der Waals surface area contributed by atoms with Crippen LogP contribution in [0, 0.1) is 6.92 Å². The van der Waals surface area contributed by atoms with Gasteiger partial charge in [0.1, 0.15) is 4.88 Å². The van der Waals surface area contributed by atoms with E-state index in [1.165, 1.54) is 32.7 Å².